The van der Waals surface area contributed by atoms with Gasteiger partial charge in [0.15, 0.2) is 0 Å². The second kappa shape index (κ2) is 17.1. The summed E-state index contributed by atoms with van der Waals surface area (Å²) in [5.74, 6) is -0.0896. The lowest BCUT2D eigenvalue weighted by molar-refractivity contribution is -0.137. The lowest BCUT2D eigenvalue weighted by Gasteiger charge is -2.16. The molecule has 0 aromatic rings. The molecule has 39 heavy (non-hydrogen) atoms. The number of fused-ring (bicyclic) bond motifs is 1. The van der Waals surface area contributed by atoms with Gasteiger partial charge in [0.2, 0.25) is 11.8 Å². The molecule has 3 rings (SSSR count). The normalized spacial score (nSPS) is 21.7. The predicted molar refractivity (Wildman–Crippen MR) is 143 cm³/mol. The summed E-state index contributed by atoms with van der Waals surface area (Å²) in [5.41, 5.74) is 0. The van der Waals surface area contributed by atoms with Crippen LogP contribution in [0.5, 0.6) is 0 Å². The number of imide groups is 1. The van der Waals surface area contributed by atoms with Crippen molar-refractivity contribution in [2.75, 3.05) is 65.0 Å². The Morgan fingerprint density at radius 1 is 0.846 bits per heavy atom. The highest BCUT2D eigenvalue weighted by atomic mass is 32.2. The van der Waals surface area contributed by atoms with Crippen LogP contribution in [0.4, 0.5) is 4.79 Å². The van der Waals surface area contributed by atoms with Crippen LogP contribution in [0.15, 0.2) is 12.2 Å². The first-order valence-electron chi connectivity index (χ1n) is 13.4. The van der Waals surface area contributed by atoms with E-state index in [9.17, 15) is 24.0 Å². The molecule has 13 nitrogen and oxygen atoms in total. The highest BCUT2D eigenvalue weighted by Crippen LogP contribution is 2.33. The number of amides is 6. The summed E-state index contributed by atoms with van der Waals surface area (Å²) in [6.45, 7) is 3.16. The summed E-state index contributed by atoms with van der Waals surface area (Å²) in [7, 11) is 0. The summed E-state index contributed by atoms with van der Waals surface area (Å²) >= 11 is 1.89. The van der Waals surface area contributed by atoms with Crippen molar-refractivity contribution in [3.8, 4) is 0 Å². The maximum Gasteiger partial charge on any atom is 0.315 e. The SMILES string of the molecule is O=C(CCCC[C@@H]1SC[C@@H]2NC(=O)N[C@@H]21)NCCOCCOCCOCCNC(=O)CCN1C(=O)C=CC1=O. The molecular formula is C25H39N5O8S. The first-order chi connectivity index (χ1) is 18.9. The Kier molecular flexibility index (Phi) is 13.5. The van der Waals surface area contributed by atoms with Crippen LogP contribution in [-0.4, -0.2) is 117 Å². The number of rotatable bonds is 20. The van der Waals surface area contributed by atoms with Crippen LogP contribution in [0.25, 0.3) is 0 Å². The van der Waals surface area contributed by atoms with E-state index in [0.717, 1.165) is 29.9 Å². The number of unbranched alkanes of at least 4 members (excludes halogenated alkanes) is 1. The number of carbonyl (C=O) groups is 5. The summed E-state index contributed by atoms with van der Waals surface area (Å²) < 4.78 is 16.2. The first kappa shape index (κ1) is 30.9. The van der Waals surface area contributed by atoms with E-state index < -0.39 is 11.8 Å². The lowest BCUT2D eigenvalue weighted by Crippen LogP contribution is -2.36. The van der Waals surface area contributed by atoms with E-state index in [0.29, 0.717) is 64.4 Å². The number of urea groups is 1. The average molecular weight is 570 g/mol. The fraction of sp³-hybridized carbons (Fsp3) is 0.720. The number of hydrogen-bond acceptors (Lipinski definition) is 9. The van der Waals surface area contributed by atoms with Gasteiger partial charge in [-0.15, -0.1) is 0 Å². The molecule has 2 fully saturated rings. The molecule has 0 aliphatic carbocycles. The third-order valence-electron chi connectivity index (χ3n) is 6.42. The van der Waals surface area contributed by atoms with Gasteiger partial charge in [-0.1, -0.05) is 6.42 Å². The van der Waals surface area contributed by atoms with Gasteiger partial charge in [-0.05, 0) is 12.8 Å². The smallest absolute Gasteiger partial charge is 0.315 e. The van der Waals surface area contributed by atoms with Crippen LogP contribution >= 0.6 is 11.8 Å². The number of thioether (sulfide) groups is 1. The molecule has 0 aromatic carbocycles. The molecule has 3 atom stereocenters. The summed E-state index contributed by atoms with van der Waals surface area (Å²) in [6.07, 6.45) is 5.70. The Hall–Kier alpha value is -2.68. The molecule has 14 heteroatoms. The number of hydrogen-bond donors (Lipinski definition) is 4. The van der Waals surface area contributed by atoms with E-state index in [4.69, 9.17) is 14.2 Å². The molecule has 0 spiro atoms. The topological polar surface area (TPSA) is 164 Å². The molecule has 0 unspecified atom stereocenters. The van der Waals surface area contributed by atoms with Crippen molar-refractivity contribution >= 4 is 41.4 Å². The van der Waals surface area contributed by atoms with Crippen molar-refractivity contribution in [2.45, 2.75) is 49.4 Å². The van der Waals surface area contributed by atoms with E-state index in [1.54, 1.807) is 0 Å². The van der Waals surface area contributed by atoms with Crippen molar-refractivity contribution < 1.29 is 38.2 Å². The van der Waals surface area contributed by atoms with Crippen molar-refractivity contribution in [3.05, 3.63) is 12.2 Å². The zero-order valence-corrected chi connectivity index (χ0v) is 22.9. The standard InChI is InChI=1S/C25H39N5O8S/c31-20(4-2-1-3-19-24-18(17-39-19)28-25(35)29-24)26-8-11-36-13-15-38-16-14-37-12-9-27-21(32)7-10-30-22(33)5-6-23(30)34/h5-6,18-19,24H,1-4,7-17H2,(H,26,31)(H,27,32)(H2,28,29,35)/t18-,19-,24-/m0/s1. The van der Waals surface area contributed by atoms with E-state index in [-0.39, 0.29) is 42.9 Å². The highest BCUT2D eigenvalue weighted by Gasteiger charge is 2.42. The molecule has 0 radical (unpaired) electrons. The van der Waals surface area contributed by atoms with Crippen LogP contribution in [0.3, 0.4) is 0 Å². The number of nitrogens with zero attached hydrogens (tertiary/aromatic N) is 1. The fourth-order valence-electron chi connectivity index (χ4n) is 4.38. The molecule has 6 amide bonds. The van der Waals surface area contributed by atoms with Crippen LogP contribution in [0.2, 0.25) is 0 Å². The number of nitrogens with one attached hydrogen (secondary N) is 4. The summed E-state index contributed by atoms with van der Waals surface area (Å²) in [5, 5.41) is 11.9. The maximum atomic E-state index is 12.0. The third-order valence-corrected chi connectivity index (χ3v) is 7.93. The molecule has 3 heterocycles. The van der Waals surface area contributed by atoms with Crippen LogP contribution in [0.1, 0.15) is 32.1 Å². The first-order valence-corrected chi connectivity index (χ1v) is 14.5. The molecule has 0 bridgehead atoms. The third kappa shape index (κ3) is 11.1. The minimum absolute atomic E-state index is 0.0186. The predicted octanol–water partition coefficient (Wildman–Crippen LogP) is -0.690. The van der Waals surface area contributed by atoms with Gasteiger partial charge in [0, 0.05) is 55.6 Å². The second-order valence-electron chi connectivity index (χ2n) is 9.32. The van der Waals surface area contributed by atoms with Crippen molar-refractivity contribution in [1.82, 2.24) is 26.2 Å². The van der Waals surface area contributed by atoms with Gasteiger partial charge in [-0.25, -0.2) is 4.79 Å². The van der Waals surface area contributed by atoms with Gasteiger partial charge < -0.3 is 35.5 Å². The Labute approximate surface area is 232 Å². The Balaban J connectivity index is 1.02. The molecule has 0 saturated carbocycles. The van der Waals surface area contributed by atoms with E-state index in [1.807, 2.05) is 11.8 Å². The Morgan fingerprint density at radius 2 is 1.44 bits per heavy atom. The summed E-state index contributed by atoms with van der Waals surface area (Å²) in [4.78, 5) is 59.0. The van der Waals surface area contributed by atoms with E-state index in [1.165, 1.54) is 12.2 Å². The minimum atomic E-state index is -0.400. The molecule has 0 aromatic heterocycles. The van der Waals surface area contributed by atoms with Crippen LogP contribution in [-0.2, 0) is 33.4 Å². The molecule has 218 valence electrons. The average Bonchev–Trinajstić information content (AvgIpc) is 3.57. The van der Waals surface area contributed by atoms with Gasteiger partial charge in [0.1, 0.15) is 0 Å². The summed E-state index contributed by atoms with van der Waals surface area (Å²) in [6, 6.07) is 0.376. The highest BCUT2D eigenvalue weighted by molar-refractivity contribution is 8.00. The zero-order chi connectivity index (χ0) is 27.9. The number of ether oxygens (including phenoxy) is 3. The van der Waals surface area contributed by atoms with Crippen molar-refractivity contribution in [1.29, 1.82) is 0 Å². The van der Waals surface area contributed by atoms with Crippen LogP contribution < -0.4 is 21.3 Å². The molecule has 4 N–H and O–H groups in total. The van der Waals surface area contributed by atoms with E-state index >= 15 is 0 Å². The van der Waals surface area contributed by atoms with Crippen LogP contribution in [0, 0.1) is 0 Å². The minimum Gasteiger partial charge on any atom is -0.377 e. The van der Waals surface area contributed by atoms with E-state index in [2.05, 4.69) is 21.3 Å². The van der Waals surface area contributed by atoms with Crippen molar-refractivity contribution in [3.63, 3.8) is 0 Å². The zero-order valence-electron chi connectivity index (χ0n) is 22.1. The molecule has 2 saturated heterocycles. The molecule has 3 aliphatic heterocycles. The van der Waals surface area contributed by atoms with Gasteiger partial charge in [0.05, 0.1) is 51.7 Å². The Morgan fingerprint density at radius 3 is 2.08 bits per heavy atom. The fourth-order valence-corrected chi connectivity index (χ4v) is 5.93. The molecule has 3 aliphatic rings. The Bertz CT molecular complexity index is 871. The van der Waals surface area contributed by atoms with Gasteiger partial charge in [-0.3, -0.25) is 24.1 Å². The quantitative estimate of drug-likeness (QED) is 0.0844. The van der Waals surface area contributed by atoms with Gasteiger partial charge in [0.25, 0.3) is 11.8 Å². The lowest BCUT2D eigenvalue weighted by atomic mass is 10.0. The van der Waals surface area contributed by atoms with Gasteiger partial charge in [-0.2, -0.15) is 11.8 Å². The second-order valence-corrected chi connectivity index (χ2v) is 10.6. The van der Waals surface area contributed by atoms with Crippen molar-refractivity contribution in [2.24, 2.45) is 0 Å². The maximum absolute atomic E-state index is 12.0. The number of carbonyl (C=O) groups excluding carboxylic acids is 5. The largest absolute Gasteiger partial charge is 0.377 e. The monoisotopic (exact) mass is 569 g/mol. The molecular weight excluding hydrogens is 530 g/mol. The van der Waals surface area contributed by atoms with Gasteiger partial charge >= 0.3 is 6.03 Å².